The minimum atomic E-state index is -0.808. The maximum Gasteiger partial charge on any atom is 0.275 e. The first kappa shape index (κ1) is 25.4. The maximum absolute atomic E-state index is 13.8. The van der Waals surface area contributed by atoms with E-state index in [9.17, 15) is 9.59 Å². The van der Waals surface area contributed by atoms with Gasteiger partial charge in [0.15, 0.2) is 0 Å². The smallest absolute Gasteiger partial charge is 0.275 e. The Hall–Kier alpha value is -3.74. The van der Waals surface area contributed by atoms with Crippen LogP contribution in [0.2, 0.25) is 0 Å². The largest absolute Gasteiger partial charge is 0.497 e. The summed E-state index contributed by atoms with van der Waals surface area (Å²) in [4.78, 5) is 37.6. The zero-order chi connectivity index (χ0) is 25.3. The third kappa shape index (κ3) is 6.47. The second kappa shape index (κ2) is 12.3. The highest BCUT2D eigenvalue weighted by Crippen LogP contribution is 2.27. The molecular formula is C29H34N4O3. The quantitative estimate of drug-likeness (QED) is 0.475. The Morgan fingerprint density at radius 3 is 2.53 bits per heavy atom. The second-order valence-corrected chi connectivity index (χ2v) is 9.35. The summed E-state index contributed by atoms with van der Waals surface area (Å²) in [5.41, 5.74) is 3.20. The monoisotopic (exact) mass is 486 g/mol. The average Bonchev–Trinajstić information content (AvgIpc) is 2.92. The Kier molecular flexibility index (Phi) is 8.66. The van der Waals surface area contributed by atoms with Crippen LogP contribution in [0.15, 0.2) is 67.1 Å². The SMILES string of the molecule is COc1ccc(C(C(=O)NC2CCCCC2)N(CCc2cccc(C)c2)C(=O)c2cnccn2)cc1. The molecule has 2 amide bonds. The van der Waals surface area contributed by atoms with Crippen molar-refractivity contribution in [3.63, 3.8) is 0 Å². The van der Waals surface area contributed by atoms with E-state index in [0.717, 1.165) is 42.4 Å². The van der Waals surface area contributed by atoms with Gasteiger partial charge in [0, 0.05) is 25.0 Å². The van der Waals surface area contributed by atoms with Crippen LogP contribution in [0.4, 0.5) is 0 Å². The van der Waals surface area contributed by atoms with Crippen LogP contribution in [0.1, 0.15) is 65.3 Å². The molecule has 0 spiro atoms. The van der Waals surface area contributed by atoms with Gasteiger partial charge in [-0.15, -0.1) is 0 Å². The van der Waals surface area contributed by atoms with Crippen molar-refractivity contribution < 1.29 is 14.3 Å². The van der Waals surface area contributed by atoms with Gasteiger partial charge in [0.25, 0.3) is 5.91 Å². The summed E-state index contributed by atoms with van der Waals surface area (Å²) >= 11 is 0. The number of methoxy groups -OCH3 is 1. The highest BCUT2D eigenvalue weighted by molar-refractivity contribution is 5.96. The summed E-state index contributed by atoms with van der Waals surface area (Å²) in [5.74, 6) is 0.195. The van der Waals surface area contributed by atoms with Crippen LogP contribution in [-0.2, 0) is 11.2 Å². The van der Waals surface area contributed by atoms with E-state index in [2.05, 4.69) is 21.4 Å². The molecule has 0 radical (unpaired) electrons. The lowest BCUT2D eigenvalue weighted by atomic mass is 9.94. The van der Waals surface area contributed by atoms with E-state index in [1.807, 2.05) is 49.4 Å². The van der Waals surface area contributed by atoms with Gasteiger partial charge in [-0.25, -0.2) is 4.98 Å². The lowest BCUT2D eigenvalue weighted by Crippen LogP contribution is -2.47. The number of ether oxygens (including phenoxy) is 1. The Bertz CT molecular complexity index is 1140. The zero-order valence-electron chi connectivity index (χ0n) is 21.0. The molecule has 1 fully saturated rings. The Morgan fingerprint density at radius 1 is 1.08 bits per heavy atom. The van der Waals surface area contributed by atoms with E-state index in [0.29, 0.717) is 18.7 Å². The molecule has 1 aromatic heterocycles. The number of benzene rings is 2. The molecule has 188 valence electrons. The first-order chi connectivity index (χ1) is 17.5. The van der Waals surface area contributed by atoms with Gasteiger partial charge in [-0.1, -0.05) is 61.2 Å². The fourth-order valence-corrected chi connectivity index (χ4v) is 4.81. The van der Waals surface area contributed by atoms with E-state index >= 15 is 0 Å². The van der Waals surface area contributed by atoms with Crippen LogP contribution < -0.4 is 10.1 Å². The van der Waals surface area contributed by atoms with Crippen molar-refractivity contribution in [1.29, 1.82) is 0 Å². The number of nitrogens with one attached hydrogen (secondary N) is 1. The summed E-state index contributed by atoms with van der Waals surface area (Å²) in [5, 5.41) is 3.24. The van der Waals surface area contributed by atoms with Crippen LogP contribution in [0, 0.1) is 6.92 Å². The third-order valence-corrected chi connectivity index (χ3v) is 6.71. The summed E-state index contributed by atoms with van der Waals surface area (Å²) in [6.07, 6.45) is 10.4. The number of carbonyl (C=O) groups excluding carboxylic acids is 2. The highest BCUT2D eigenvalue weighted by Gasteiger charge is 2.34. The molecule has 1 N–H and O–H groups in total. The van der Waals surface area contributed by atoms with Gasteiger partial charge >= 0.3 is 0 Å². The topological polar surface area (TPSA) is 84.4 Å². The second-order valence-electron chi connectivity index (χ2n) is 9.35. The van der Waals surface area contributed by atoms with Crippen LogP contribution in [0.25, 0.3) is 0 Å². The third-order valence-electron chi connectivity index (χ3n) is 6.71. The standard InChI is InChI=1S/C29H34N4O3/c1-21-7-6-8-22(19-21)15-18-33(29(35)26-20-30-16-17-31-26)27(23-11-13-25(36-2)14-12-23)28(34)32-24-9-4-3-5-10-24/h6-8,11-14,16-17,19-20,24,27H,3-5,9-10,15,18H2,1-2H3,(H,32,34). The number of hydrogen-bond donors (Lipinski definition) is 1. The van der Waals surface area contributed by atoms with Crippen LogP contribution in [0.5, 0.6) is 5.75 Å². The molecule has 36 heavy (non-hydrogen) atoms. The normalized spacial score (nSPS) is 14.6. The van der Waals surface area contributed by atoms with Gasteiger partial charge in [0.05, 0.1) is 13.3 Å². The number of aromatic nitrogens is 2. The fraction of sp³-hybridized carbons (Fsp3) is 0.379. The molecule has 7 heteroatoms. The van der Waals surface area contributed by atoms with Gasteiger partial charge in [-0.3, -0.25) is 14.6 Å². The van der Waals surface area contributed by atoms with Crippen molar-refractivity contribution in [2.75, 3.05) is 13.7 Å². The molecule has 1 aliphatic rings. The number of amides is 2. The van der Waals surface area contributed by atoms with Crippen molar-refractivity contribution in [3.8, 4) is 5.75 Å². The summed E-state index contributed by atoms with van der Waals surface area (Å²) in [6.45, 7) is 2.40. The van der Waals surface area contributed by atoms with Crippen molar-refractivity contribution in [1.82, 2.24) is 20.2 Å². The van der Waals surface area contributed by atoms with Crippen molar-refractivity contribution in [3.05, 3.63) is 89.5 Å². The van der Waals surface area contributed by atoms with Gasteiger partial charge in [-0.05, 0) is 49.4 Å². The number of hydrogen-bond acceptors (Lipinski definition) is 5. The molecule has 4 rings (SSSR count). The van der Waals surface area contributed by atoms with Crippen LogP contribution in [-0.4, -0.2) is 46.4 Å². The van der Waals surface area contributed by atoms with Crippen molar-refractivity contribution in [2.45, 2.75) is 57.5 Å². The van der Waals surface area contributed by atoms with Crippen LogP contribution >= 0.6 is 0 Å². The fourth-order valence-electron chi connectivity index (χ4n) is 4.81. The molecule has 1 heterocycles. The number of rotatable bonds is 9. The van der Waals surface area contributed by atoms with Crippen LogP contribution in [0.3, 0.4) is 0 Å². The lowest BCUT2D eigenvalue weighted by molar-refractivity contribution is -0.126. The van der Waals surface area contributed by atoms with Crippen molar-refractivity contribution >= 4 is 11.8 Å². The molecule has 1 atom stereocenters. The molecule has 1 aliphatic carbocycles. The molecule has 7 nitrogen and oxygen atoms in total. The van der Waals surface area contributed by atoms with Gasteiger partial charge < -0.3 is 15.0 Å². The molecular weight excluding hydrogens is 452 g/mol. The number of carbonyl (C=O) groups is 2. The molecule has 3 aromatic rings. The summed E-state index contributed by atoms with van der Waals surface area (Å²) < 4.78 is 5.33. The molecule has 0 aliphatic heterocycles. The predicted molar refractivity (Wildman–Crippen MR) is 139 cm³/mol. The zero-order valence-corrected chi connectivity index (χ0v) is 21.0. The minimum absolute atomic E-state index is 0.122. The van der Waals surface area contributed by atoms with E-state index in [1.54, 1.807) is 12.0 Å². The first-order valence-electron chi connectivity index (χ1n) is 12.6. The Balaban J connectivity index is 1.69. The van der Waals surface area contributed by atoms with Gasteiger partial charge in [-0.2, -0.15) is 0 Å². The molecule has 1 unspecified atom stereocenters. The average molecular weight is 487 g/mol. The summed E-state index contributed by atoms with van der Waals surface area (Å²) in [7, 11) is 1.61. The molecule has 0 bridgehead atoms. The summed E-state index contributed by atoms with van der Waals surface area (Å²) in [6, 6.07) is 14.9. The van der Waals surface area contributed by atoms with Gasteiger partial charge in [0.2, 0.25) is 5.91 Å². The molecule has 0 saturated heterocycles. The number of aryl methyl sites for hydroxylation is 1. The first-order valence-corrected chi connectivity index (χ1v) is 12.6. The molecule has 1 saturated carbocycles. The van der Waals surface area contributed by atoms with Crippen molar-refractivity contribution in [2.24, 2.45) is 0 Å². The highest BCUT2D eigenvalue weighted by atomic mass is 16.5. The maximum atomic E-state index is 13.8. The minimum Gasteiger partial charge on any atom is -0.497 e. The van der Waals surface area contributed by atoms with E-state index in [-0.39, 0.29) is 23.6 Å². The van der Waals surface area contributed by atoms with E-state index < -0.39 is 6.04 Å². The van der Waals surface area contributed by atoms with E-state index in [1.165, 1.54) is 25.0 Å². The van der Waals surface area contributed by atoms with Gasteiger partial charge in [0.1, 0.15) is 17.5 Å². The molecule has 2 aromatic carbocycles. The van der Waals surface area contributed by atoms with E-state index in [4.69, 9.17) is 4.74 Å². The Labute approximate surface area is 212 Å². The number of nitrogens with zero attached hydrogens (tertiary/aromatic N) is 3. The predicted octanol–water partition coefficient (Wildman–Crippen LogP) is 4.67. The Morgan fingerprint density at radius 2 is 1.86 bits per heavy atom. The lowest BCUT2D eigenvalue weighted by Gasteiger charge is -2.33.